The highest BCUT2D eigenvalue weighted by atomic mass is 32.2. The van der Waals surface area contributed by atoms with Crippen LogP contribution in [0.3, 0.4) is 0 Å². The first-order chi connectivity index (χ1) is 16.1. The number of primary sulfonamides is 1. The number of fused-ring (bicyclic) bond motifs is 1. The Kier molecular flexibility index (Phi) is 6.44. The number of aliphatic hydroxyl groups excluding tert-OH is 1. The molecule has 182 valence electrons. The molecular formula is C17H21N9O5S3. The maximum atomic E-state index is 13.1. The van der Waals surface area contributed by atoms with Crippen molar-refractivity contribution in [2.24, 2.45) is 16.0 Å². The van der Waals surface area contributed by atoms with Crippen LogP contribution in [0.15, 0.2) is 45.2 Å². The summed E-state index contributed by atoms with van der Waals surface area (Å²) in [6, 6.07) is 6.70. The fraction of sp³-hybridized carbons (Fsp3) is 0.176. The van der Waals surface area contributed by atoms with Crippen LogP contribution < -0.4 is 37.8 Å². The van der Waals surface area contributed by atoms with E-state index in [4.69, 9.17) is 16.6 Å². The second kappa shape index (κ2) is 9.04. The predicted octanol–water partition coefficient (Wildman–Crippen LogP) is -1.94. The summed E-state index contributed by atoms with van der Waals surface area (Å²) in [4.78, 5) is 2.99. The van der Waals surface area contributed by atoms with Crippen molar-refractivity contribution < 1.29 is 21.9 Å². The lowest BCUT2D eigenvalue weighted by molar-refractivity contribution is 0.259. The number of hydrazine groups is 2. The molecule has 1 aliphatic heterocycles. The molecule has 1 aromatic heterocycles. The predicted molar refractivity (Wildman–Crippen MR) is 127 cm³/mol. The first-order valence-corrected chi connectivity index (χ1v) is 13.4. The molecule has 11 N–H and O–H groups in total. The summed E-state index contributed by atoms with van der Waals surface area (Å²) in [5.41, 5.74) is 20.0. The van der Waals surface area contributed by atoms with Crippen LogP contribution in [0.1, 0.15) is 5.56 Å². The number of sulfonamides is 2. The third-order valence-corrected chi connectivity index (χ3v) is 8.42. The van der Waals surface area contributed by atoms with E-state index >= 15 is 0 Å². The molecule has 2 aromatic carbocycles. The minimum Gasteiger partial charge on any atom is -0.395 e. The third kappa shape index (κ3) is 4.42. The Morgan fingerprint density at radius 1 is 1.15 bits per heavy atom. The molecule has 0 spiro atoms. The van der Waals surface area contributed by atoms with Gasteiger partial charge in [0.2, 0.25) is 20.0 Å². The number of benzene rings is 2. The largest absolute Gasteiger partial charge is 0.395 e. The van der Waals surface area contributed by atoms with Crippen molar-refractivity contribution in [2.45, 2.75) is 15.8 Å². The second-order valence-electron chi connectivity index (χ2n) is 7.12. The second-order valence-corrected chi connectivity index (χ2v) is 11.4. The van der Waals surface area contributed by atoms with Gasteiger partial charge in [-0.2, -0.15) is 0 Å². The number of thiazole rings is 1. The van der Waals surface area contributed by atoms with Gasteiger partial charge in [0.1, 0.15) is 9.79 Å². The Balaban J connectivity index is 2.08. The van der Waals surface area contributed by atoms with Gasteiger partial charge in [-0.3, -0.25) is 5.43 Å². The van der Waals surface area contributed by atoms with Gasteiger partial charge in [-0.25, -0.2) is 37.2 Å². The molecule has 0 amide bonds. The summed E-state index contributed by atoms with van der Waals surface area (Å²) in [6.45, 7) is -0.818. The topological polar surface area (TPSA) is 240 Å². The Morgan fingerprint density at radius 2 is 1.91 bits per heavy atom. The average Bonchev–Trinajstić information content (AvgIpc) is 3.44. The summed E-state index contributed by atoms with van der Waals surface area (Å²) in [5.74, 6) is -0.0335. The zero-order valence-electron chi connectivity index (χ0n) is 17.3. The van der Waals surface area contributed by atoms with Crippen LogP contribution in [0.4, 0.5) is 5.13 Å². The van der Waals surface area contributed by atoms with Crippen LogP contribution >= 0.6 is 11.3 Å². The number of aliphatic hydroxyl groups is 1. The lowest BCUT2D eigenvalue weighted by Crippen LogP contribution is -2.43. The van der Waals surface area contributed by atoms with Crippen LogP contribution in [-0.2, 0) is 20.0 Å². The molecule has 0 saturated carbocycles. The number of hydrogen-bond acceptors (Lipinski definition) is 13. The highest BCUT2D eigenvalue weighted by Crippen LogP contribution is 2.38. The van der Waals surface area contributed by atoms with Crippen molar-refractivity contribution in [1.29, 1.82) is 0 Å². The molecule has 34 heavy (non-hydrogen) atoms. The molecule has 0 radical (unpaired) electrons. The SMILES string of the molecule is NCC(CO)NS(=O)(=O)c1ccc(-c2cccc3sc(N)nc23)c(C2=NNNN2)c1S(N)(=O)=O. The van der Waals surface area contributed by atoms with Crippen molar-refractivity contribution in [2.75, 3.05) is 18.9 Å². The molecule has 1 unspecified atom stereocenters. The van der Waals surface area contributed by atoms with E-state index in [0.717, 1.165) is 10.8 Å². The van der Waals surface area contributed by atoms with Gasteiger partial charge < -0.3 is 16.6 Å². The Morgan fingerprint density at radius 3 is 2.53 bits per heavy atom. The zero-order chi connectivity index (χ0) is 24.7. The van der Waals surface area contributed by atoms with Crippen LogP contribution in [0, 0.1) is 0 Å². The van der Waals surface area contributed by atoms with E-state index in [9.17, 15) is 21.9 Å². The van der Waals surface area contributed by atoms with Gasteiger partial charge in [0.15, 0.2) is 11.0 Å². The highest BCUT2D eigenvalue weighted by molar-refractivity contribution is 7.92. The van der Waals surface area contributed by atoms with Gasteiger partial charge >= 0.3 is 0 Å². The number of nitrogens with one attached hydrogen (secondary N) is 4. The van der Waals surface area contributed by atoms with Gasteiger partial charge in [0.25, 0.3) is 0 Å². The number of aromatic nitrogens is 1. The number of amidine groups is 1. The quantitative estimate of drug-likeness (QED) is 0.160. The van der Waals surface area contributed by atoms with Crippen LogP contribution in [0.25, 0.3) is 21.3 Å². The lowest BCUT2D eigenvalue weighted by atomic mass is 9.98. The van der Waals surface area contributed by atoms with Crippen molar-refractivity contribution in [3.8, 4) is 11.1 Å². The molecule has 0 saturated heterocycles. The normalized spacial score (nSPS) is 15.1. The highest BCUT2D eigenvalue weighted by Gasteiger charge is 2.34. The molecule has 3 aromatic rings. The summed E-state index contributed by atoms with van der Waals surface area (Å²) in [6.07, 6.45) is 0. The first kappa shape index (κ1) is 24.2. The minimum absolute atomic E-state index is 0.0335. The molecule has 4 rings (SSSR count). The number of para-hydroxylation sites is 1. The zero-order valence-corrected chi connectivity index (χ0v) is 19.8. The lowest BCUT2D eigenvalue weighted by Gasteiger charge is -2.20. The fourth-order valence-corrected chi connectivity index (χ4v) is 7.07. The number of hydrazone groups is 1. The summed E-state index contributed by atoms with van der Waals surface area (Å²) < 4.78 is 54.8. The van der Waals surface area contributed by atoms with E-state index in [1.807, 2.05) is 0 Å². The summed E-state index contributed by atoms with van der Waals surface area (Å²) in [5, 5.41) is 19.2. The maximum absolute atomic E-state index is 13.1. The van der Waals surface area contributed by atoms with E-state index in [1.54, 1.807) is 18.2 Å². The van der Waals surface area contributed by atoms with Crippen LogP contribution in [0.2, 0.25) is 0 Å². The van der Waals surface area contributed by atoms with Crippen molar-refractivity contribution in [1.82, 2.24) is 26.2 Å². The van der Waals surface area contributed by atoms with Crippen LogP contribution in [0.5, 0.6) is 0 Å². The molecule has 1 aliphatic rings. The molecule has 0 aliphatic carbocycles. The first-order valence-electron chi connectivity index (χ1n) is 9.59. The van der Waals surface area contributed by atoms with Crippen molar-refractivity contribution in [3.63, 3.8) is 0 Å². The summed E-state index contributed by atoms with van der Waals surface area (Å²) >= 11 is 1.24. The number of anilines is 1. The van der Waals surface area contributed by atoms with Crippen molar-refractivity contribution >= 4 is 52.6 Å². The molecule has 0 fully saturated rings. The Bertz CT molecular complexity index is 1500. The van der Waals surface area contributed by atoms with Gasteiger partial charge in [-0.15, -0.1) is 10.6 Å². The maximum Gasteiger partial charge on any atom is 0.242 e. The monoisotopic (exact) mass is 527 g/mol. The Labute approximate surface area is 198 Å². The molecule has 2 heterocycles. The third-order valence-electron chi connectivity index (χ3n) is 4.89. The average molecular weight is 528 g/mol. The molecule has 17 heteroatoms. The van der Waals surface area contributed by atoms with Gasteiger partial charge in [-0.05, 0) is 17.7 Å². The smallest absolute Gasteiger partial charge is 0.242 e. The van der Waals surface area contributed by atoms with E-state index < -0.39 is 42.5 Å². The van der Waals surface area contributed by atoms with E-state index in [1.165, 1.54) is 17.4 Å². The van der Waals surface area contributed by atoms with E-state index in [0.29, 0.717) is 16.2 Å². The number of nitrogens with two attached hydrogens (primary N) is 3. The Hall–Kier alpha value is -2.90. The van der Waals surface area contributed by atoms with Gasteiger partial charge in [-0.1, -0.05) is 29.5 Å². The van der Waals surface area contributed by atoms with Crippen LogP contribution in [-0.4, -0.2) is 52.0 Å². The van der Waals surface area contributed by atoms with E-state index in [2.05, 4.69) is 31.3 Å². The number of nitrogen functional groups attached to an aromatic ring is 1. The standard InChI is InChI=1S/C17H21N9O5S3/c18-6-8(7-27)24-34(30,31)12-5-4-9(10-2-1-3-11-14(10)21-17(19)32-11)13(15(12)33(20,28)29)16-22-25-26-23-16/h1-5,8,24-27H,6-7,18H2,(H2,19,21)(H,22,23)(H2,20,28,29). The van der Waals surface area contributed by atoms with Crippen molar-refractivity contribution in [3.05, 3.63) is 35.9 Å². The minimum atomic E-state index is -4.64. The molecule has 1 atom stereocenters. The van der Waals surface area contributed by atoms with Gasteiger partial charge in [0.05, 0.1) is 22.9 Å². The molecule has 0 bridgehead atoms. The van der Waals surface area contributed by atoms with Gasteiger partial charge in [0, 0.05) is 17.7 Å². The summed E-state index contributed by atoms with van der Waals surface area (Å²) in [7, 11) is -9.14. The number of rotatable bonds is 8. The number of nitrogens with zero attached hydrogens (tertiary/aromatic N) is 2. The number of hydrogen-bond donors (Lipinski definition) is 8. The molecular weight excluding hydrogens is 506 g/mol. The molecule has 14 nitrogen and oxygen atoms in total. The van der Waals surface area contributed by atoms with E-state index in [-0.39, 0.29) is 23.5 Å². The fourth-order valence-electron chi connectivity index (χ4n) is 3.46.